The van der Waals surface area contributed by atoms with Gasteiger partial charge in [-0.15, -0.1) is 11.3 Å². The van der Waals surface area contributed by atoms with Crippen molar-refractivity contribution < 1.29 is 9.84 Å². The molecule has 0 saturated carbocycles. The van der Waals surface area contributed by atoms with E-state index in [1.807, 2.05) is 11.3 Å². The number of aryl methyl sites for hydroxylation is 2. The number of hydrogen-bond acceptors (Lipinski definition) is 6. The van der Waals surface area contributed by atoms with Gasteiger partial charge in [-0.1, -0.05) is 0 Å². The number of thiazole rings is 1. The minimum atomic E-state index is -0.306. The summed E-state index contributed by atoms with van der Waals surface area (Å²) in [4.78, 5) is 10.7. The maximum Gasteiger partial charge on any atom is 0.107 e. The van der Waals surface area contributed by atoms with E-state index in [1.54, 1.807) is 0 Å². The number of rotatable bonds is 6. The zero-order valence-electron chi connectivity index (χ0n) is 12.8. The van der Waals surface area contributed by atoms with Crippen LogP contribution in [0.15, 0.2) is 0 Å². The van der Waals surface area contributed by atoms with Gasteiger partial charge >= 0.3 is 0 Å². The standard InChI is InChI=1S/C15H25N3O2S/c1-17(9-12(19)10-18-5-7-20-8-6-18)11-15-16-13-3-2-4-14(13)21-15/h12,19H,2-11H2,1H3. The van der Waals surface area contributed by atoms with Crippen LogP contribution in [0.4, 0.5) is 0 Å². The summed E-state index contributed by atoms with van der Waals surface area (Å²) in [5.74, 6) is 0. The Morgan fingerprint density at radius 3 is 2.95 bits per heavy atom. The Morgan fingerprint density at radius 1 is 1.38 bits per heavy atom. The van der Waals surface area contributed by atoms with Crippen molar-refractivity contribution in [3.63, 3.8) is 0 Å². The van der Waals surface area contributed by atoms with Crippen LogP contribution in [0.3, 0.4) is 0 Å². The number of nitrogens with zero attached hydrogens (tertiary/aromatic N) is 3. The summed E-state index contributed by atoms with van der Waals surface area (Å²) in [5.41, 5.74) is 1.32. The molecule has 2 heterocycles. The van der Waals surface area contributed by atoms with Gasteiger partial charge in [-0.25, -0.2) is 4.98 Å². The molecule has 0 radical (unpaired) electrons. The van der Waals surface area contributed by atoms with Crippen LogP contribution in [0, 0.1) is 0 Å². The monoisotopic (exact) mass is 311 g/mol. The number of aliphatic hydroxyl groups is 1. The zero-order valence-corrected chi connectivity index (χ0v) is 13.6. The molecule has 1 N–H and O–H groups in total. The number of morpholine rings is 1. The number of ether oxygens (including phenoxy) is 1. The van der Waals surface area contributed by atoms with E-state index in [1.165, 1.54) is 28.4 Å². The molecule has 0 amide bonds. The van der Waals surface area contributed by atoms with Gasteiger partial charge < -0.3 is 9.84 Å². The molecule has 1 aliphatic carbocycles. The second-order valence-corrected chi connectivity index (χ2v) is 7.26. The van der Waals surface area contributed by atoms with Crippen molar-refractivity contribution in [2.75, 3.05) is 46.4 Å². The van der Waals surface area contributed by atoms with Crippen LogP contribution in [-0.2, 0) is 24.1 Å². The minimum absolute atomic E-state index is 0.306. The van der Waals surface area contributed by atoms with Gasteiger partial charge in [0.05, 0.1) is 31.6 Å². The van der Waals surface area contributed by atoms with E-state index in [2.05, 4.69) is 16.8 Å². The molecule has 1 saturated heterocycles. The first-order chi connectivity index (χ1) is 10.2. The third kappa shape index (κ3) is 4.23. The lowest BCUT2D eigenvalue weighted by Gasteiger charge is -2.29. The molecule has 1 atom stereocenters. The lowest BCUT2D eigenvalue weighted by atomic mass is 10.3. The highest BCUT2D eigenvalue weighted by atomic mass is 32.1. The van der Waals surface area contributed by atoms with Crippen molar-refractivity contribution in [3.8, 4) is 0 Å². The smallest absolute Gasteiger partial charge is 0.107 e. The Bertz CT molecular complexity index is 438. The van der Waals surface area contributed by atoms with Crippen LogP contribution < -0.4 is 0 Å². The van der Waals surface area contributed by atoms with E-state index in [4.69, 9.17) is 9.72 Å². The lowest BCUT2D eigenvalue weighted by molar-refractivity contribution is 0.00825. The molecule has 1 aromatic heterocycles. The number of aliphatic hydroxyl groups excluding tert-OH is 1. The molecule has 1 fully saturated rings. The molecule has 2 aliphatic rings. The Labute approximate surface area is 130 Å². The van der Waals surface area contributed by atoms with E-state index in [0.717, 1.165) is 45.8 Å². The van der Waals surface area contributed by atoms with Crippen molar-refractivity contribution >= 4 is 11.3 Å². The fourth-order valence-corrected chi connectivity index (χ4v) is 4.34. The van der Waals surface area contributed by atoms with Crippen LogP contribution >= 0.6 is 11.3 Å². The third-order valence-corrected chi connectivity index (χ3v) is 5.28. The number of aromatic nitrogens is 1. The van der Waals surface area contributed by atoms with Gasteiger partial charge in [-0.3, -0.25) is 9.80 Å². The quantitative estimate of drug-likeness (QED) is 0.840. The maximum atomic E-state index is 10.2. The average Bonchev–Trinajstić information content (AvgIpc) is 3.00. The van der Waals surface area contributed by atoms with E-state index in [-0.39, 0.29) is 6.10 Å². The van der Waals surface area contributed by atoms with Crippen molar-refractivity contribution in [2.24, 2.45) is 0 Å². The molecular formula is C15H25N3O2S. The SMILES string of the molecule is CN(Cc1nc2c(s1)CCC2)CC(O)CN1CCOCC1. The first-order valence-corrected chi connectivity index (χ1v) is 8.66. The highest BCUT2D eigenvalue weighted by Gasteiger charge is 2.19. The summed E-state index contributed by atoms with van der Waals surface area (Å²) in [5, 5.41) is 11.4. The normalized spacial score (nSPS) is 20.9. The van der Waals surface area contributed by atoms with Gasteiger partial charge in [0.15, 0.2) is 0 Å². The van der Waals surface area contributed by atoms with Crippen LogP contribution in [0.25, 0.3) is 0 Å². The molecule has 1 aromatic rings. The molecule has 5 nitrogen and oxygen atoms in total. The summed E-state index contributed by atoms with van der Waals surface area (Å²) in [6.07, 6.45) is 3.31. The molecule has 6 heteroatoms. The highest BCUT2D eigenvalue weighted by molar-refractivity contribution is 7.11. The molecular weight excluding hydrogens is 286 g/mol. The molecule has 1 unspecified atom stereocenters. The van der Waals surface area contributed by atoms with Gasteiger partial charge in [-0.2, -0.15) is 0 Å². The lowest BCUT2D eigenvalue weighted by Crippen LogP contribution is -2.43. The number of β-amino-alcohol motifs (C(OH)–C–C–N with tert-alkyl or cyclic N) is 1. The largest absolute Gasteiger partial charge is 0.390 e. The highest BCUT2D eigenvalue weighted by Crippen LogP contribution is 2.27. The molecule has 0 aromatic carbocycles. The van der Waals surface area contributed by atoms with Gasteiger partial charge in [0.1, 0.15) is 5.01 Å². The van der Waals surface area contributed by atoms with Crippen molar-refractivity contribution in [1.29, 1.82) is 0 Å². The summed E-state index contributed by atoms with van der Waals surface area (Å²) in [7, 11) is 2.06. The number of fused-ring (bicyclic) bond motifs is 1. The van der Waals surface area contributed by atoms with Gasteiger partial charge in [-0.05, 0) is 26.3 Å². The van der Waals surface area contributed by atoms with Crippen LogP contribution in [0.1, 0.15) is 22.0 Å². The van der Waals surface area contributed by atoms with Crippen LogP contribution in [0.5, 0.6) is 0 Å². The summed E-state index contributed by atoms with van der Waals surface area (Å²) < 4.78 is 5.33. The van der Waals surface area contributed by atoms with Gasteiger partial charge in [0.2, 0.25) is 0 Å². The van der Waals surface area contributed by atoms with Crippen LogP contribution in [-0.4, -0.2) is 72.4 Å². The Hall–Kier alpha value is -0.530. The molecule has 0 bridgehead atoms. The predicted molar refractivity (Wildman–Crippen MR) is 83.7 cm³/mol. The first kappa shape index (κ1) is 15.4. The van der Waals surface area contributed by atoms with E-state index in [0.29, 0.717) is 6.54 Å². The van der Waals surface area contributed by atoms with Crippen molar-refractivity contribution in [3.05, 3.63) is 15.6 Å². The minimum Gasteiger partial charge on any atom is -0.390 e. The van der Waals surface area contributed by atoms with Gasteiger partial charge in [0, 0.05) is 31.1 Å². The van der Waals surface area contributed by atoms with E-state index in [9.17, 15) is 5.11 Å². The van der Waals surface area contributed by atoms with E-state index >= 15 is 0 Å². The molecule has 3 rings (SSSR count). The predicted octanol–water partition coefficient (Wildman–Crippen LogP) is 0.757. The second-order valence-electron chi connectivity index (χ2n) is 6.09. The van der Waals surface area contributed by atoms with Crippen LogP contribution in [0.2, 0.25) is 0 Å². The summed E-state index contributed by atoms with van der Waals surface area (Å²) in [6, 6.07) is 0. The summed E-state index contributed by atoms with van der Waals surface area (Å²) in [6.45, 7) is 5.71. The number of hydrogen-bond donors (Lipinski definition) is 1. The Balaban J connectivity index is 1.43. The Morgan fingerprint density at radius 2 is 2.19 bits per heavy atom. The number of likely N-dealkylation sites (N-methyl/N-ethyl adjacent to an activating group) is 1. The van der Waals surface area contributed by atoms with E-state index < -0.39 is 0 Å². The first-order valence-electron chi connectivity index (χ1n) is 7.85. The van der Waals surface area contributed by atoms with Crippen molar-refractivity contribution in [2.45, 2.75) is 31.9 Å². The van der Waals surface area contributed by atoms with Gasteiger partial charge in [0.25, 0.3) is 0 Å². The molecule has 118 valence electrons. The molecule has 0 spiro atoms. The Kier molecular flexibility index (Phi) is 5.24. The molecule has 1 aliphatic heterocycles. The maximum absolute atomic E-state index is 10.2. The zero-order chi connectivity index (χ0) is 14.7. The third-order valence-electron chi connectivity index (χ3n) is 4.14. The summed E-state index contributed by atoms with van der Waals surface area (Å²) >= 11 is 1.85. The average molecular weight is 311 g/mol. The topological polar surface area (TPSA) is 48.8 Å². The fraction of sp³-hybridized carbons (Fsp3) is 0.800. The fourth-order valence-electron chi connectivity index (χ4n) is 3.11. The van der Waals surface area contributed by atoms with Crippen molar-refractivity contribution in [1.82, 2.24) is 14.8 Å². The molecule has 21 heavy (non-hydrogen) atoms. The second kappa shape index (κ2) is 7.15.